The molecule has 1 fully saturated rings. The zero-order chi connectivity index (χ0) is 13.2. The Balaban J connectivity index is 2.11. The van der Waals surface area contributed by atoms with Crippen LogP contribution in [0.2, 0.25) is 5.15 Å². The van der Waals surface area contributed by atoms with E-state index in [4.69, 9.17) is 11.6 Å². The SMILES string of the molecule is CC1CCCN(S(=O)(=O)Nc2nccc(Cl)n2)C1. The van der Waals surface area contributed by atoms with Gasteiger partial charge in [0.05, 0.1) is 0 Å². The monoisotopic (exact) mass is 290 g/mol. The predicted molar refractivity (Wildman–Crippen MR) is 69.6 cm³/mol. The number of nitrogens with zero attached hydrogens (tertiary/aromatic N) is 3. The van der Waals surface area contributed by atoms with Crippen LogP contribution in [0.3, 0.4) is 0 Å². The minimum Gasteiger partial charge on any atom is -0.238 e. The van der Waals surface area contributed by atoms with E-state index in [2.05, 4.69) is 14.7 Å². The summed E-state index contributed by atoms with van der Waals surface area (Å²) in [6, 6.07) is 1.49. The maximum atomic E-state index is 12.1. The Labute approximate surface area is 112 Å². The Kier molecular flexibility index (Phi) is 4.04. The maximum absolute atomic E-state index is 12.1. The first-order valence-corrected chi connectivity index (χ1v) is 7.55. The number of halogens is 1. The Bertz CT molecular complexity index is 522. The molecule has 1 aliphatic rings. The van der Waals surface area contributed by atoms with Crippen LogP contribution in [0.25, 0.3) is 0 Å². The molecule has 1 atom stereocenters. The van der Waals surface area contributed by atoms with Crippen molar-refractivity contribution in [2.45, 2.75) is 19.8 Å². The average molecular weight is 291 g/mol. The number of hydrogen-bond donors (Lipinski definition) is 1. The van der Waals surface area contributed by atoms with Crippen molar-refractivity contribution in [3.05, 3.63) is 17.4 Å². The summed E-state index contributed by atoms with van der Waals surface area (Å²) in [6.45, 7) is 3.09. The standard InChI is InChI=1S/C10H15ClN4O2S/c1-8-3-2-6-15(7-8)18(16,17)14-10-12-5-4-9(11)13-10/h4-5,8H,2-3,6-7H2,1H3,(H,12,13,14). The van der Waals surface area contributed by atoms with Crippen LogP contribution in [-0.2, 0) is 10.2 Å². The van der Waals surface area contributed by atoms with Crippen LogP contribution in [0, 0.1) is 5.92 Å². The number of anilines is 1. The third kappa shape index (κ3) is 3.30. The van der Waals surface area contributed by atoms with E-state index in [9.17, 15) is 8.42 Å². The highest BCUT2D eigenvalue weighted by Gasteiger charge is 2.27. The summed E-state index contributed by atoms with van der Waals surface area (Å²) in [7, 11) is -3.59. The fraction of sp³-hybridized carbons (Fsp3) is 0.600. The van der Waals surface area contributed by atoms with Gasteiger partial charge in [-0.25, -0.2) is 14.7 Å². The molecule has 1 aromatic heterocycles. The first-order valence-electron chi connectivity index (χ1n) is 5.74. The van der Waals surface area contributed by atoms with E-state index in [0.29, 0.717) is 19.0 Å². The van der Waals surface area contributed by atoms with Crippen LogP contribution < -0.4 is 4.72 Å². The van der Waals surface area contributed by atoms with Crippen LogP contribution >= 0.6 is 11.6 Å². The van der Waals surface area contributed by atoms with Gasteiger partial charge in [-0.15, -0.1) is 0 Å². The van der Waals surface area contributed by atoms with Crippen molar-refractivity contribution in [2.75, 3.05) is 17.8 Å². The highest BCUT2D eigenvalue weighted by Crippen LogP contribution is 2.19. The van der Waals surface area contributed by atoms with Crippen molar-refractivity contribution in [2.24, 2.45) is 5.92 Å². The fourth-order valence-corrected chi connectivity index (χ4v) is 3.35. The van der Waals surface area contributed by atoms with Crippen molar-refractivity contribution < 1.29 is 8.42 Å². The Morgan fingerprint density at radius 2 is 2.33 bits per heavy atom. The van der Waals surface area contributed by atoms with E-state index in [1.54, 1.807) is 0 Å². The molecule has 0 aliphatic carbocycles. The molecule has 0 aromatic carbocycles. The number of hydrogen-bond acceptors (Lipinski definition) is 4. The summed E-state index contributed by atoms with van der Waals surface area (Å²) in [5.41, 5.74) is 0. The lowest BCUT2D eigenvalue weighted by Crippen LogP contribution is -2.42. The zero-order valence-corrected chi connectivity index (χ0v) is 11.6. The predicted octanol–water partition coefficient (Wildman–Crippen LogP) is 1.52. The first kappa shape index (κ1) is 13.5. The molecule has 0 radical (unpaired) electrons. The third-order valence-corrected chi connectivity index (χ3v) is 4.46. The van der Waals surface area contributed by atoms with E-state index in [1.807, 2.05) is 6.92 Å². The second-order valence-electron chi connectivity index (χ2n) is 4.42. The lowest BCUT2D eigenvalue weighted by molar-refractivity contribution is 0.282. The van der Waals surface area contributed by atoms with Gasteiger partial charge in [0.1, 0.15) is 5.15 Å². The molecule has 1 aromatic rings. The molecule has 1 aliphatic heterocycles. The number of aromatic nitrogens is 2. The molecule has 0 bridgehead atoms. The van der Waals surface area contributed by atoms with Crippen LogP contribution in [0.4, 0.5) is 5.95 Å². The first-order chi connectivity index (χ1) is 8.47. The number of piperidine rings is 1. The molecule has 1 unspecified atom stereocenters. The molecule has 18 heavy (non-hydrogen) atoms. The van der Waals surface area contributed by atoms with Crippen LogP contribution in [-0.4, -0.2) is 35.8 Å². The normalized spacial score (nSPS) is 21.8. The lowest BCUT2D eigenvalue weighted by atomic mass is 10.0. The lowest BCUT2D eigenvalue weighted by Gasteiger charge is -2.29. The molecule has 1 saturated heterocycles. The summed E-state index contributed by atoms with van der Waals surface area (Å²) >= 11 is 5.68. The van der Waals surface area contributed by atoms with E-state index in [0.717, 1.165) is 12.8 Å². The van der Waals surface area contributed by atoms with Crippen molar-refractivity contribution >= 4 is 27.8 Å². The fourth-order valence-electron chi connectivity index (χ4n) is 1.93. The Hall–Kier alpha value is -0.920. The van der Waals surface area contributed by atoms with Gasteiger partial charge in [0.15, 0.2) is 0 Å². The summed E-state index contributed by atoms with van der Waals surface area (Å²) < 4.78 is 28.0. The van der Waals surface area contributed by atoms with Crippen LogP contribution in [0.5, 0.6) is 0 Å². The summed E-state index contributed by atoms with van der Waals surface area (Å²) in [4.78, 5) is 7.64. The average Bonchev–Trinajstić information content (AvgIpc) is 2.28. The van der Waals surface area contributed by atoms with Gasteiger partial charge in [0, 0.05) is 19.3 Å². The Morgan fingerprint density at radius 3 is 3.00 bits per heavy atom. The summed E-state index contributed by atoms with van der Waals surface area (Å²) in [6.07, 6.45) is 3.34. The van der Waals surface area contributed by atoms with Gasteiger partial charge in [-0.05, 0) is 24.8 Å². The molecule has 1 N–H and O–H groups in total. The van der Waals surface area contributed by atoms with Crippen molar-refractivity contribution in [1.82, 2.24) is 14.3 Å². The minimum atomic E-state index is -3.59. The molecule has 0 saturated carbocycles. The summed E-state index contributed by atoms with van der Waals surface area (Å²) in [5.74, 6) is 0.372. The highest BCUT2D eigenvalue weighted by atomic mass is 35.5. The number of rotatable bonds is 3. The van der Waals surface area contributed by atoms with Crippen molar-refractivity contribution in [3.63, 3.8) is 0 Å². The van der Waals surface area contributed by atoms with Gasteiger partial charge in [-0.2, -0.15) is 12.7 Å². The molecule has 6 nitrogen and oxygen atoms in total. The second kappa shape index (κ2) is 5.38. The van der Waals surface area contributed by atoms with Crippen LogP contribution in [0.1, 0.15) is 19.8 Å². The van der Waals surface area contributed by atoms with E-state index in [-0.39, 0.29) is 11.1 Å². The maximum Gasteiger partial charge on any atom is 0.303 e. The smallest absolute Gasteiger partial charge is 0.238 e. The summed E-state index contributed by atoms with van der Waals surface area (Å²) in [5, 5.41) is 0.203. The van der Waals surface area contributed by atoms with E-state index < -0.39 is 10.2 Å². The number of nitrogens with one attached hydrogen (secondary N) is 1. The largest absolute Gasteiger partial charge is 0.303 e. The van der Waals surface area contributed by atoms with Gasteiger partial charge in [-0.1, -0.05) is 18.5 Å². The minimum absolute atomic E-state index is 0.000673. The van der Waals surface area contributed by atoms with Gasteiger partial charge in [0.2, 0.25) is 5.95 Å². The molecule has 0 amide bonds. The molecule has 8 heteroatoms. The van der Waals surface area contributed by atoms with E-state index >= 15 is 0 Å². The molecular weight excluding hydrogens is 276 g/mol. The quantitative estimate of drug-likeness (QED) is 0.857. The van der Waals surface area contributed by atoms with Crippen molar-refractivity contribution in [1.29, 1.82) is 0 Å². The van der Waals surface area contributed by atoms with E-state index in [1.165, 1.54) is 16.6 Å². The van der Waals surface area contributed by atoms with Gasteiger partial charge in [-0.3, -0.25) is 0 Å². The zero-order valence-electron chi connectivity index (χ0n) is 10.0. The van der Waals surface area contributed by atoms with Crippen LogP contribution in [0.15, 0.2) is 12.3 Å². The van der Waals surface area contributed by atoms with Gasteiger partial charge >= 0.3 is 10.2 Å². The third-order valence-electron chi connectivity index (χ3n) is 2.80. The van der Waals surface area contributed by atoms with Gasteiger partial charge in [0.25, 0.3) is 0 Å². The Morgan fingerprint density at radius 1 is 1.56 bits per heavy atom. The molecule has 100 valence electrons. The molecular formula is C10H15ClN4O2S. The molecule has 2 heterocycles. The second-order valence-corrected chi connectivity index (χ2v) is 6.47. The van der Waals surface area contributed by atoms with Crippen molar-refractivity contribution in [3.8, 4) is 0 Å². The highest BCUT2D eigenvalue weighted by molar-refractivity contribution is 7.90. The topological polar surface area (TPSA) is 75.2 Å². The molecule has 2 rings (SSSR count). The van der Waals surface area contributed by atoms with Gasteiger partial charge < -0.3 is 0 Å². The molecule has 0 spiro atoms.